The molecule has 0 spiro atoms. The summed E-state index contributed by atoms with van der Waals surface area (Å²) < 4.78 is 26.7. The Bertz CT molecular complexity index is 599. The molecule has 0 bridgehead atoms. The van der Waals surface area contributed by atoms with E-state index in [1.165, 1.54) is 0 Å². The fraction of sp³-hybridized carbons (Fsp3) is 1.00. The van der Waals surface area contributed by atoms with E-state index in [1.54, 1.807) is 0 Å². The van der Waals surface area contributed by atoms with Crippen LogP contribution in [0.5, 0.6) is 0 Å². The van der Waals surface area contributed by atoms with Crippen LogP contribution < -0.4 is 0 Å². The fourth-order valence-electron chi connectivity index (χ4n) is 4.04. The summed E-state index contributed by atoms with van der Waals surface area (Å²) in [6, 6.07) is 0. The highest BCUT2D eigenvalue weighted by Crippen LogP contribution is 2.32. The molecule has 200 valence electrons. The van der Waals surface area contributed by atoms with Crippen molar-refractivity contribution in [2.45, 2.75) is 92.1 Å². The molecule has 34 heavy (non-hydrogen) atoms. The summed E-state index contributed by atoms with van der Waals surface area (Å²) in [6.07, 6.45) is -25.6. The van der Waals surface area contributed by atoms with Gasteiger partial charge in [0.05, 0.1) is 19.8 Å². The lowest BCUT2D eigenvalue weighted by Crippen LogP contribution is -2.67. The van der Waals surface area contributed by atoms with Crippen molar-refractivity contribution in [2.24, 2.45) is 0 Å². The minimum absolute atomic E-state index is 0.762. The minimum atomic E-state index is -1.93. The topological polar surface area (TPSA) is 269 Å². The second kappa shape index (κ2) is 11.6. The normalized spacial score (nSPS) is 52.5. The molecular weight excluding hydrogens is 472 g/mol. The molecule has 16 heteroatoms. The Morgan fingerprint density at radius 2 is 0.853 bits per heavy atom. The third-order valence-electron chi connectivity index (χ3n) is 6.09. The van der Waals surface area contributed by atoms with Gasteiger partial charge in [0.1, 0.15) is 73.2 Å². The molecule has 3 heterocycles. The summed E-state index contributed by atoms with van der Waals surface area (Å²) in [5.74, 6) is 0. The number of ether oxygens (including phenoxy) is 5. The van der Waals surface area contributed by atoms with Crippen LogP contribution in [0.1, 0.15) is 0 Å². The van der Waals surface area contributed by atoms with Gasteiger partial charge in [-0.15, -0.1) is 0 Å². The Hall–Kier alpha value is -0.640. The highest BCUT2D eigenvalue weighted by molar-refractivity contribution is 4.96. The summed E-state index contributed by atoms with van der Waals surface area (Å²) in [7, 11) is 0. The molecule has 11 N–H and O–H groups in total. The Kier molecular flexibility index (Phi) is 9.54. The molecule has 1 unspecified atom stereocenters. The van der Waals surface area contributed by atoms with Crippen molar-refractivity contribution in [1.29, 1.82) is 0 Å². The molecule has 0 aromatic rings. The number of hydrogen-bond donors (Lipinski definition) is 11. The summed E-state index contributed by atoms with van der Waals surface area (Å²) in [5.41, 5.74) is 0. The number of aliphatic hydroxyl groups excluding tert-OH is 11. The van der Waals surface area contributed by atoms with Gasteiger partial charge in [-0.05, 0) is 0 Å². The zero-order valence-electron chi connectivity index (χ0n) is 17.7. The largest absolute Gasteiger partial charge is 0.394 e. The van der Waals surface area contributed by atoms with E-state index < -0.39 is 112 Å². The molecule has 3 fully saturated rings. The fourth-order valence-corrected chi connectivity index (χ4v) is 4.04. The third kappa shape index (κ3) is 5.37. The van der Waals surface area contributed by atoms with E-state index in [0.717, 1.165) is 0 Å². The van der Waals surface area contributed by atoms with Crippen LogP contribution in [-0.4, -0.2) is 168 Å². The van der Waals surface area contributed by atoms with E-state index in [9.17, 15) is 56.2 Å². The molecule has 3 aliphatic heterocycles. The van der Waals surface area contributed by atoms with E-state index in [1.807, 2.05) is 0 Å². The number of hydrogen-bond acceptors (Lipinski definition) is 16. The quantitative estimate of drug-likeness (QED) is 0.154. The van der Waals surface area contributed by atoms with Crippen LogP contribution in [0.3, 0.4) is 0 Å². The smallest absolute Gasteiger partial charge is 0.187 e. The molecular formula is C18H32O16. The Balaban J connectivity index is 1.84. The molecule has 16 nitrogen and oxygen atoms in total. The van der Waals surface area contributed by atoms with Crippen molar-refractivity contribution in [3.05, 3.63) is 0 Å². The van der Waals surface area contributed by atoms with Crippen molar-refractivity contribution in [2.75, 3.05) is 19.8 Å². The van der Waals surface area contributed by atoms with Crippen molar-refractivity contribution in [1.82, 2.24) is 0 Å². The maximum atomic E-state index is 10.5. The van der Waals surface area contributed by atoms with Crippen molar-refractivity contribution in [3.8, 4) is 0 Å². The molecule has 0 aromatic heterocycles. The monoisotopic (exact) mass is 504 g/mol. The number of aliphatic hydroxyl groups is 11. The van der Waals surface area contributed by atoms with Crippen molar-refractivity contribution in [3.63, 3.8) is 0 Å². The van der Waals surface area contributed by atoms with Crippen LogP contribution in [0.25, 0.3) is 0 Å². The standard InChI is InChI=1S/C18H32O16/c19-1-4-7(22)9(24)11(26)17(31-4)33-14-6(3-21)30-16(29)13(28)15(14)34-18-12(27)10(25)8(23)5(2-20)32-18/h4-29H,1-3H2/t4-,5-,6-,7-,8-,9+,10+,11-,12-,13-,14+,15-,16?,17+,18+/m1/s1. The third-order valence-corrected chi connectivity index (χ3v) is 6.09. The molecule has 15 atom stereocenters. The molecule has 0 aliphatic carbocycles. The van der Waals surface area contributed by atoms with E-state index in [-0.39, 0.29) is 0 Å². The molecule has 3 saturated heterocycles. The zero-order valence-corrected chi connectivity index (χ0v) is 17.7. The van der Waals surface area contributed by atoms with Gasteiger partial charge in [-0.25, -0.2) is 0 Å². The van der Waals surface area contributed by atoms with Crippen LogP contribution in [-0.2, 0) is 23.7 Å². The van der Waals surface area contributed by atoms with Crippen LogP contribution in [0, 0.1) is 0 Å². The van der Waals surface area contributed by atoms with E-state index in [0.29, 0.717) is 0 Å². The highest BCUT2D eigenvalue weighted by atomic mass is 16.8. The SMILES string of the molecule is OC[C@H]1O[C@@H](O[C@@H]2[C@H](O[C@@H]3O[C@H](CO)[C@@H](O)[C@H](O)[C@H]3O)[C@@H](O)C(O)O[C@@H]2CO)[C@H](O)[C@@H](O)[C@@H]1O. The van der Waals surface area contributed by atoms with E-state index in [4.69, 9.17) is 23.7 Å². The van der Waals surface area contributed by atoms with Crippen molar-refractivity contribution >= 4 is 0 Å². The van der Waals surface area contributed by atoms with Crippen molar-refractivity contribution < 1.29 is 79.9 Å². The van der Waals surface area contributed by atoms with E-state index >= 15 is 0 Å². The Morgan fingerprint density at radius 1 is 0.441 bits per heavy atom. The average molecular weight is 504 g/mol. The second-order valence-electron chi connectivity index (χ2n) is 8.33. The lowest BCUT2D eigenvalue weighted by molar-refractivity contribution is -0.383. The second-order valence-corrected chi connectivity index (χ2v) is 8.33. The predicted octanol–water partition coefficient (Wildman–Crippen LogP) is -7.57. The van der Waals surface area contributed by atoms with Gasteiger partial charge in [-0.2, -0.15) is 0 Å². The van der Waals surface area contributed by atoms with Crippen LogP contribution >= 0.6 is 0 Å². The van der Waals surface area contributed by atoms with Gasteiger partial charge in [-0.1, -0.05) is 0 Å². The first kappa shape index (κ1) is 27.9. The average Bonchev–Trinajstić information content (AvgIpc) is 2.83. The van der Waals surface area contributed by atoms with Crippen LogP contribution in [0.2, 0.25) is 0 Å². The Morgan fingerprint density at radius 3 is 1.26 bits per heavy atom. The van der Waals surface area contributed by atoms with Gasteiger partial charge in [0.25, 0.3) is 0 Å². The molecule has 3 aliphatic rings. The van der Waals surface area contributed by atoms with Gasteiger partial charge < -0.3 is 79.9 Å². The predicted molar refractivity (Wildman–Crippen MR) is 101 cm³/mol. The maximum Gasteiger partial charge on any atom is 0.187 e. The minimum Gasteiger partial charge on any atom is -0.394 e. The lowest BCUT2D eigenvalue weighted by atomic mass is 9.96. The van der Waals surface area contributed by atoms with E-state index in [2.05, 4.69) is 0 Å². The first-order valence-electron chi connectivity index (χ1n) is 10.6. The Labute approximate surface area is 192 Å². The van der Waals surface area contributed by atoms with Gasteiger partial charge in [0.15, 0.2) is 18.9 Å². The summed E-state index contributed by atoms with van der Waals surface area (Å²) in [6.45, 7) is -2.35. The van der Waals surface area contributed by atoms with Gasteiger partial charge in [-0.3, -0.25) is 0 Å². The van der Waals surface area contributed by atoms with Gasteiger partial charge in [0, 0.05) is 0 Å². The summed E-state index contributed by atoms with van der Waals surface area (Å²) in [4.78, 5) is 0. The maximum absolute atomic E-state index is 10.5. The number of rotatable bonds is 7. The summed E-state index contributed by atoms with van der Waals surface area (Å²) in [5, 5.41) is 109. The van der Waals surface area contributed by atoms with Gasteiger partial charge in [0.2, 0.25) is 0 Å². The molecule has 0 radical (unpaired) electrons. The molecule has 0 aromatic carbocycles. The molecule has 0 amide bonds. The van der Waals surface area contributed by atoms with Gasteiger partial charge >= 0.3 is 0 Å². The highest BCUT2D eigenvalue weighted by Gasteiger charge is 2.53. The lowest BCUT2D eigenvalue weighted by Gasteiger charge is -2.48. The van der Waals surface area contributed by atoms with Crippen LogP contribution in [0.4, 0.5) is 0 Å². The van der Waals surface area contributed by atoms with Crippen LogP contribution in [0.15, 0.2) is 0 Å². The molecule has 0 saturated carbocycles. The first-order valence-corrected chi connectivity index (χ1v) is 10.6. The molecule has 3 rings (SSSR count). The summed E-state index contributed by atoms with van der Waals surface area (Å²) >= 11 is 0. The first-order chi connectivity index (χ1) is 16.0. The zero-order chi connectivity index (χ0) is 25.3.